The van der Waals surface area contributed by atoms with Gasteiger partial charge in [0.1, 0.15) is 5.75 Å². The molecule has 3 fully saturated rings. The van der Waals surface area contributed by atoms with Crippen LogP contribution >= 0.6 is 0 Å². The van der Waals surface area contributed by atoms with E-state index in [4.69, 9.17) is 9.16 Å². The topological polar surface area (TPSA) is 41.9 Å². The minimum Gasteiger partial charge on any atom is -0.497 e. The zero-order valence-corrected chi connectivity index (χ0v) is 20.8. The van der Waals surface area contributed by atoms with Crippen LogP contribution in [0.5, 0.6) is 5.75 Å². The first-order valence-electron chi connectivity index (χ1n) is 11.8. The monoisotopic (exact) mass is 431 g/mol. The van der Waals surface area contributed by atoms with Crippen LogP contribution in [0.4, 0.5) is 0 Å². The van der Waals surface area contributed by atoms with Crippen molar-refractivity contribution in [3.05, 3.63) is 29.8 Å². The fraction of sp³-hybridized carbons (Fsp3) is 0.760. The summed E-state index contributed by atoms with van der Waals surface area (Å²) in [5.41, 5.74) is 1.62. The molecule has 2 saturated heterocycles. The van der Waals surface area contributed by atoms with Crippen LogP contribution < -0.4 is 4.74 Å². The van der Waals surface area contributed by atoms with Crippen LogP contribution in [0, 0.1) is 5.92 Å². The molecule has 0 unspecified atom stereocenters. The highest BCUT2D eigenvalue weighted by Crippen LogP contribution is 2.53. The van der Waals surface area contributed by atoms with Gasteiger partial charge in [0.25, 0.3) is 0 Å². The molecule has 0 radical (unpaired) electrons. The number of hydrogen-bond acceptors (Lipinski definition) is 4. The molecule has 1 aromatic carbocycles. The van der Waals surface area contributed by atoms with E-state index in [1.54, 1.807) is 7.11 Å². The summed E-state index contributed by atoms with van der Waals surface area (Å²) >= 11 is 0. The molecule has 5 heteroatoms. The van der Waals surface area contributed by atoms with Crippen molar-refractivity contribution in [3.8, 4) is 5.75 Å². The first kappa shape index (κ1) is 22.3. The Morgan fingerprint density at radius 3 is 2.50 bits per heavy atom. The number of rotatable bonds is 5. The second-order valence-corrected chi connectivity index (χ2v) is 16.2. The van der Waals surface area contributed by atoms with Gasteiger partial charge in [-0.15, -0.1) is 0 Å². The Bertz CT molecular complexity index is 744. The highest BCUT2D eigenvalue weighted by molar-refractivity contribution is 6.74. The van der Waals surface area contributed by atoms with E-state index in [-0.39, 0.29) is 28.7 Å². The molecule has 1 aromatic rings. The number of aliphatic hydroxyl groups excluding tert-OH is 1. The third-order valence-electron chi connectivity index (χ3n) is 8.71. The van der Waals surface area contributed by atoms with E-state index in [0.29, 0.717) is 6.04 Å². The van der Waals surface area contributed by atoms with Gasteiger partial charge in [0.05, 0.1) is 19.3 Å². The van der Waals surface area contributed by atoms with E-state index in [9.17, 15) is 5.11 Å². The zero-order chi connectivity index (χ0) is 21.7. The predicted molar refractivity (Wildman–Crippen MR) is 125 cm³/mol. The van der Waals surface area contributed by atoms with Gasteiger partial charge in [0.2, 0.25) is 0 Å². The summed E-state index contributed by atoms with van der Waals surface area (Å²) < 4.78 is 12.5. The maximum atomic E-state index is 11.1. The standard InChI is InChI=1S/C25H41NO3Si/c1-24(2,3)30(5,6)29-23-20-17-25(14-12-22(20)27)13-7-15-26(25)21(23)16-18-8-10-19(28-4)11-9-18/h8-11,20-23,27H,7,12-17H2,1-6H3/t20-,21-,22+,23-,25-/m0/s1. The minimum atomic E-state index is -1.96. The van der Waals surface area contributed by atoms with Gasteiger partial charge < -0.3 is 14.3 Å². The van der Waals surface area contributed by atoms with Crippen molar-refractivity contribution in [2.45, 2.75) is 101 Å². The fourth-order valence-corrected chi connectivity index (χ4v) is 7.35. The van der Waals surface area contributed by atoms with Crippen LogP contribution in [0.1, 0.15) is 58.4 Å². The molecule has 1 saturated carbocycles. The van der Waals surface area contributed by atoms with Gasteiger partial charge in [-0.25, -0.2) is 0 Å². The molecule has 3 aliphatic rings. The van der Waals surface area contributed by atoms with Gasteiger partial charge >= 0.3 is 0 Å². The Morgan fingerprint density at radius 2 is 1.87 bits per heavy atom. The molecule has 5 atom stereocenters. The van der Waals surface area contributed by atoms with Gasteiger partial charge in [-0.2, -0.15) is 0 Å². The summed E-state index contributed by atoms with van der Waals surface area (Å²) in [7, 11) is -0.238. The average Bonchev–Trinajstić information content (AvgIpc) is 3.10. The summed E-state index contributed by atoms with van der Waals surface area (Å²) in [6, 6.07) is 8.87. The molecule has 2 aliphatic heterocycles. The molecule has 1 spiro atoms. The average molecular weight is 432 g/mol. The summed E-state index contributed by atoms with van der Waals surface area (Å²) in [5.74, 6) is 1.16. The molecule has 4 rings (SSSR count). The summed E-state index contributed by atoms with van der Waals surface area (Å²) in [5, 5.41) is 11.2. The Labute approximate surface area is 184 Å². The van der Waals surface area contributed by atoms with Gasteiger partial charge in [-0.3, -0.25) is 4.90 Å². The quantitative estimate of drug-likeness (QED) is 0.666. The Kier molecular flexibility index (Phi) is 5.89. The molecular weight excluding hydrogens is 390 g/mol. The predicted octanol–water partition coefficient (Wildman–Crippen LogP) is 5.01. The first-order valence-corrected chi connectivity index (χ1v) is 14.7. The van der Waals surface area contributed by atoms with Crippen molar-refractivity contribution in [3.63, 3.8) is 0 Å². The molecule has 1 N–H and O–H groups in total. The lowest BCUT2D eigenvalue weighted by molar-refractivity contribution is -0.141. The van der Waals surface area contributed by atoms with Gasteiger partial charge in [-0.05, 0) is 80.9 Å². The van der Waals surface area contributed by atoms with Gasteiger partial charge in [0, 0.05) is 17.5 Å². The molecule has 0 aromatic heterocycles. The van der Waals surface area contributed by atoms with Crippen molar-refractivity contribution < 1.29 is 14.3 Å². The summed E-state index contributed by atoms with van der Waals surface area (Å²) in [4.78, 5) is 2.80. The molecule has 2 bridgehead atoms. The first-order chi connectivity index (χ1) is 14.1. The Morgan fingerprint density at radius 1 is 1.17 bits per heavy atom. The molecule has 4 nitrogen and oxygen atoms in total. The van der Waals surface area contributed by atoms with Gasteiger partial charge in [0.15, 0.2) is 8.32 Å². The van der Waals surface area contributed by atoms with Crippen LogP contribution in [0.2, 0.25) is 18.1 Å². The van der Waals surface area contributed by atoms with Crippen LogP contribution in [-0.2, 0) is 10.8 Å². The lowest BCUT2D eigenvalue weighted by Gasteiger charge is -2.59. The number of nitrogens with zero attached hydrogens (tertiary/aromatic N) is 1. The molecule has 2 heterocycles. The van der Waals surface area contributed by atoms with Crippen molar-refractivity contribution in [2.24, 2.45) is 5.92 Å². The lowest BCUT2D eigenvalue weighted by atomic mass is 9.65. The molecule has 1 aliphatic carbocycles. The highest BCUT2D eigenvalue weighted by atomic mass is 28.4. The van der Waals surface area contributed by atoms with Crippen LogP contribution in [0.15, 0.2) is 24.3 Å². The van der Waals surface area contributed by atoms with Crippen molar-refractivity contribution in [1.29, 1.82) is 0 Å². The fourth-order valence-electron chi connectivity index (χ4n) is 5.98. The van der Waals surface area contributed by atoms with Crippen LogP contribution in [0.3, 0.4) is 0 Å². The Balaban J connectivity index is 1.69. The smallest absolute Gasteiger partial charge is 0.192 e. The van der Waals surface area contributed by atoms with Crippen molar-refractivity contribution in [2.75, 3.05) is 13.7 Å². The number of piperidine rings is 1. The number of fused-ring (bicyclic) bond motifs is 1. The maximum Gasteiger partial charge on any atom is 0.192 e. The van der Waals surface area contributed by atoms with E-state index < -0.39 is 8.32 Å². The zero-order valence-electron chi connectivity index (χ0n) is 19.8. The van der Waals surface area contributed by atoms with E-state index in [2.05, 4.69) is 63.0 Å². The summed E-state index contributed by atoms with van der Waals surface area (Å²) in [6.07, 6.45) is 6.57. The normalized spacial score (nSPS) is 34.6. The van der Waals surface area contributed by atoms with E-state index in [1.807, 2.05) is 0 Å². The maximum absolute atomic E-state index is 11.1. The molecular formula is C25H41NO3Si. The van der Waals surface area contributed by atoms with Crippen LogP contribution in [-0.4, -0.2) is 55.8 Å². The number of benzene rings is 1. The third-order valence-corrected chi connectivity index (χ3v) is 13.2. The SMILES string of the molecule is COc1ccc(C[C@H]2[C@@H](O[Si](C)(C)C(C)(C)C)[C@H]3C[C@]4(CCCN24)CC[C@H]3O)cc1. The lowest BCUT2D eigenvalue weighted by Crippen LogP contribution is -2.68. The second kappa shape index (κ2) is 7.91. The van der Waals surface area contributed by atoms with E-state index in [1.165, 1.54) is 24.9 Å². The second-order valence-electron chi connectivity index (χ2n) is 11.5. The van der Waals surface area contributed by atoms with Crippen molar-refractivity contribution in [1.82, 2.24) is 4.90 Å². The van der Waals surface area contributed by atoms with Gasteiger partial charge in [-0.1, -0.05) is 32.9 Å². The molecule has 168 valence electrons. The number of methoxy groups -OCH3 is 1. The number of aliphatic hydroxyl groups is 1. The van der Waals surface area contributed by atoms with E-state index >= 15 is 0 Å². The molecule has 0 amide bonds. The largest absolute Gasteiger partial charge is 0.497 e. The van der Waals surface area contributed by atoms with E-state index in [0.717, 1.165) is 31.4 Å². The highest BCUT2D eigenvalue weighted by Gasteiger charge is 2.58. The Hall–Kier alpha value is -0.883. The summed E-state index contributed by atoms with van der Waals surface area (Å²) in [6.45, 7) is 12.8. The third kappa shape index (κ3) is 3.87. The number of ether oxygens (including phenoxy) is 1. The molecule has 30 heavy (non-hydrogen) atoms. The van der Waals surface area contributed by atoms with Crippen LogP contribution in [0.25, 0.3) is 0 Å². The van der Waals surface area contributed by atoms with Crippen molar-refractivity contribution >= 4 is 8.32 Å². The number of hydrogen-bond donors (Lipinski definition) is 1. The minimum absolute atomic E-state index is 0.106.